The van der Waals surface area contributed by atoms with Crippen molar-refractivity contribution in [3.8, 4) is 22.6 Å². The predicted octanol–water partition coefficient (Wildman–Crippen LogP) is 3.84. The summed E-state index contributed by atoms with van der Waals surface area (Å²) >= 11 is 0. The van der Waals surface area contributed by atoms with Gasteiger partial charge in [-0.25, -0.2) is 9.97 Å². The van der Waals surface area contributed by atoms with Gasteiger partial charge in [0.2, 0.25) is 5.78 Å². The van der Waals surface area contributed by atoms with Crippen LogP contribution in [0.5, 0.6) is 0 Å². The summed E-state index contributed by atoms with van der Waals surface area (Å²) in [6, 6.07) is 14.0. The molecule has 0 aliphatic rings. The number of aliphatic hydroxyl groups excluding tert-OH is 1. The largest absolute Gasteiger partial charge is 0.394 e. The lowest BCUT2D eigenvalue weighted by atomic mass is 10.0. The first-order valence-corrected chi connectivity index (χ1v) is 9.84. The van der Waals surface area contributed by atoms with Gasteiger partial charge in [0, 0.05) is 29.0 Å². The van der Waals surface area contributed by atoms with Crippen LogP contribution in [0.4, 0.5) is 0 Å². The number of hydrogen-bond donors (Lipinski definition) is 1. The van der Waals surface area contributed by atoms with Crippen LogP contribution in [0.1, 0.15) is 19.5 Å². The highest BCUT2D eigenvalue weighted by Crippen LogP contribution is 2.34. The molecule has 1 N–H and O–H groups in total. The lowest BCUT2D eigenvalue weighted by Crippen LogP contribution is -2.31. The number of aliphatic hydroxyl groups is 1. The van der Waals surface area contributed by atoms with Crippen molar-refractivity contribution in [1.29, 1.82) is 0 Å². The molecule has 0 radical (unpaired) electrons. The first-order valence-electron chi connectivity index (χ1n) is 9.84. The van der Waals surface area contributed by atoms with E-state index in [2.05, 4.69) is 27.2 Å². The second kappa shape index (κ2) is 6.74. The molecule has 7 nitrogen and oxygen atoms in total. The van der Waals surface area contributed by atoms with Crippen LogP contribution in [0.25, 0.3) is 39.3 Å². The maximum atomic E-state index is 9.75. The zero-order valence-electron chi connectivity index (χ0n) is 17.1. The van der Waals surface area contributed by atoms with Gasteiger partial charge in [-0.2, -0.15) is 5.10 Å². The summed E-state index contributed by atoms with van der Waals surface area (Å²) in [5.74, 6) is 0.628. The molecular formula is C23H22N6O. The Morgan fingerprint density at radius 1 is 1.07 bits per heavy atom. The Balaban J connectivity index is 1.75. The van der Waals surface area contributed by atoms with Crippen LogP contribution in [0.2, 0.25) is 0 Å². The monoisotopic (exact) mass is 398 g/mol. The quantitative estimate of drug-likeness (QED) is 0.497. The number of nitrogens with zero attached hydrogens (tertiary/aromatic N) is 6. The van der Waals surface area contributed by atoms with Gasteiger partial charge in [0.25, 0.3) is 0 Å². The Bertz CT molecular complexity index is 1380. The molecule has 4 heterocycles. The van der Waals surface area contributed by atoms with E-state index in [4.69, 9.17) is 4.98 Å². The molecule has 0 saturated carbocycles. The number of pyridine rings is 1. The van der Waals surface area contributed by atoms with Gasteiger partial charge in [0.05, 0.1) is 35.2 Å². The van der Waals surface area contributed by atoms with Crippen molar-refractivity contribution < 1.29 is 5.11 Å². The SMILES string of the molecule is Cc1cccc(-c2nc3ncccn3c2-c2ccc3c(cnn3C(C)(C)CO)c2)n1. The maximum absolute atomic E-state index is 9.75. The Labute approximate surface area is 173 Å². The Morgan fingerprint density at radius 2 is 1.93 bits per heavy atom. The van der Waals surface area contributed by atoms with E-state index >= 15 is 0 Å². The van der Waals surface area contributed by atoms with Crippen molar-refractivity contribution in [3.05, 3.63) is 66.7 Å². The topological polar surface area (TPSA) is 81.1 Å². The highest BCUT2D eigenvalue weighted by atomic mass is 16.3. The minimum atomic E-state index is -0.479. The molecule has 0 aliphatic carbocycles. The average Bonchev–Trinajstić information content (AvgIpc) is 3.35. The molecule has 1 aromatic carbocycles. The third kappa shape index (κ3) is 2.86. The fourth-order valence-corrected chi connectivity index (χ4v) is 3.75. The van der Waals surface area contributed by atoms with Gasteiger partial charge in [-0.15, -0.1) is 0 Å². The van der Waals surface area contributed by atoms with Crippen molar-refractivity contribution in [3.63, 3.8) is 0 Å². The van der Waals surface area contributed by atoms with E-state index in [1.54, 1.807) is 6.20 Å². The molecule has 4 aromatic heterocycles. The van der Waals surface area contributed by atoms with Crippen LogP contribution in [0.15, 0.2) is 61.1 Å². The third-order valence-electron chi connectivity index (χ3n) is 5.34. The van der Waals surface area contributed by atoms with Crippen molar-refractivity contribution in [2.45, 2.75) is 26.3 Å². The van der Waals surface area contributed by atoms with Gasteiger partial charge in [-0.05, 0) is 51.1 Å². The fourth-order valence-electron chi connectivity index (χ4n) is 3.75. The van der Waals surface area contributed by atoms with Gasteiger partial charge in [-0.1, -0.05) is 12.1 Å². The number of fused-ring (bicyclic) bond motifs is 2. The zero-order chi connectivity index (χ0) is 20.9. The van der Waals surface area contributed by atoms with Gasteiger partial charge in [0.1, 0.15) is 5.69 Å². The second-order valence-electron chi connectivity index (χ2n) is 8.06. The predicted molar refractivity (Wildman–Crippen MR) is 116 cm³/mol. The van der Waals surface area contributed by atoms with Crippen LogP contribution >= 0.6 is 0 Å². The van der Waals surface area contributed by atoms with Crippen molar-refractivity contribution in [2.75, 3.05) is 6.61 Å². The Hall–Kier alpha value is -3.58. The molecule has 30 heavy (non-hydrogen) atoms. The van der Waals surface area contributed by atoms with E-state index in [1.807, 2.05) is 72.6 Å². The number of imidazole rings is 1. The summed E-state index contributed by atoms with van der Waals surface area (Å²) in [6.07, 6.45) is 5.54. The molecule has 0 fully saturated rings. The summed E-state index contributed by atoms with van der Waals surface area (Å²) in [7, 11) is 0. The van der Waals surface area contributed by atoms with Gasteiger partial charge in [0.15, 0.2) is 0 Å². The molecule has 0 spiro atoms. The smallest absolute Gasteiger partial charge is 0.234 e. The second-order valence-corrected chi connectivity index (χ2v) is 8.06. The van der Waals surface area contributed by atoms with Crippen LogP contribution in [0, 0.1) is 6.92 Å². The molecule has 0 atom stereocenters. The van der Waals surface area contributed by atoms with E-state index in [9.17, 15) is 5.11 Å². The molecule has 0 amide bonds. The molecule has 0 saturated heterocycles. The molecule has 5 aromatic rings. The number of hydrogen-bond acceptors (Lipinski definition) is 5. The molecule has 150 valence electrons. The van der Waals surface area contributed by atoms with Crippen molar-refractivity contribution in [1.82, 2.24) is 29.1 Å². The highest BCUT2D eigenvalue weighted by Gasteiger charge is 2.23. The van der Waals surface area contributed by atoms with Gasteiger partial charge < -0.3 is 5.11 Å². The van der Waals surface area contributed by atoms with Crippen molar-refractivity contribution >= 4 is 16.7 Å². The maximum Gasteiger partial charge on any atom is 0.234 e. The minimum Gasteiger partial charge on any atom is -0.394 e. The van der Waals surface area contributed by atoms with Crippen LogP contribution in [-0.2, 0) is 5.54 Å². The van der Waals surface area contributed by atoms with Crippen LogP contribution in [-0.4, -0.2) is 40.8 Å². The fraction of sp³-hybridized carbons (Fsp3) is 0.217. The van der Waals surface area contributed by atoms with Crippen molar-refractivity contribution in [2.24, 2.45) is 0 Å². The summed E-state index contributed by atoms with van der Waals surface area (Å²) in [5.41, 5.74) is 4.97. The lowest BCUT2D eigenvalue weighted by Gasteiger charge is -2.23. The summed E-state index contributed by atoms with van der Waals surface area (Å²) in [5, 5.41) is 15.3. The first-order chi connectivity index (χ1) is 14.5. The summed E-state index contributed by atoms with van der Waals surface area (Å²) < 4.78 is 3.85. The number of aryl methyl sites for hydroxylation is 1. The van der Waals surface area contributed by atoms with Gasteiger partial charge in [-0.3, -0.25) is 14.1 Å². The molecule has 7 heteroatoms. The summed E-state index contributed by atoms with van der Waals surface area (Å²) in [4.78, 5) is 13.9. The Kier molecular flexibility index (Phi) is 4.15. The number of benzene rings is 1. The van der Waals surface area contributed by atoms with E-state index in [-0.39, 0.29) is 6.61 Å². The van der Waals surface area contributed by atoms with E-state index in [1.165, 1.54) is 0 Å². The number of rotatable bonds is 4. The molecule has 0 aliphatic heterocycles. The van der Waals surface area contributed by atoms with E-state index < -0.39 is 5.54 Å². The molecule has 0 bridgehead atoms. The molecule has 0 unspecified atom stereocenters. The molecule has 5 rings (SSSR count). The average molecular weight is 398 g/mol. The molecular weight excluding hydrogens is 376 g/mol. The lowest BCUT2D eigenvalue weighted by molar-refractivity contribution is 0.156. The van der Waals surface area contributed by atoms with E-state index in [0.717, 1.165) is 39.2 Å². The Morgan fingerprint density at radius 3 is 2.73 bits per heavy atom. The summed E-state index contributed by atoms with van der Waals surface area (Å²) in [6.45, 7) is 5.91. The normalized spacial score (nSPS) is 12.1. The van der Waals surface area contributed by atoms with Crippen LogP contribution < -0.4 is 0 Å². The minimum absolute atomic E-state index is 0.00758. The first kappa shape index (κ1) is 18.4. The highest BCUT2D eigenvalue weighted by molar-refractivity contribution is 5.88. The van der Waals surface area contributed by atoms with Crippen LogP contribution in [0.3, 0.4) is 0 Å². The van der Waals surface area contributed by atoms with E-state index in [0.29, 0.717) is 5.78 Å². The third-order valence-corrected chi connectivity index (χ3v) is 5.34. The zero-order valence-corrected chi connectivity index (χ0v) is 17.1. The van der Waals surface area contributed by atoms with Gasteiger partial charge >= 0.3 is 0 Å². The standard InChI is InChI=1S/C23H22N6O/c1-15-6-4-7-18(26-15)20-21(28-11-5-10-24-22(28)27-20)16-8-9-19-17(12-16)13-25-29(19)23(2,3)14-30/h4-13,30H,14H2,1-3H3. The number of aromatic nitrogens is 6.